The van der Waals surface area contributed by atoms with Crippen molar-refractivity contribution in [1.82, 2.24) is 4.98 Å². The topological polar surface area (TPSA) is 79.7 Å². The number of aromatic carboxylic acids is 1. The number of aromatic nitrogens is 1. The van der Waals surface area contributed by atoms with Gasteiger partial charge in [-0.2, -0.15) is 13.2 Å². The summed E-state index contributed by atoms with van der Waals surface area (Å²) in [6.45, 7) is -0.693. The molecule has 21 heavy (non-hydrogen) atoms. The molecule has 1 saturated carbocycles. The summed E-state index contributed by atoms with van der Waals surface area (Å²) in [6, 6.07) is 2.69. The van der Waals surface area contributed by atoms with Crippen molar-refractivity contribution in [2.75, 3.05) is 6.61 Å². The fraction of sp³-hybridized carbons (Fsp3) is 0.538. The van der Waals surface area contributed by atoms with Crippen LogP contribution in [0, 0.1) is 0 Å². The van der Waals surface area contributed by atoms with Gasteiger partial charge in [0, 0.05) is 18.6 Å². The molecule has 1 aromatic rings. The van der Waals surface area contributed by atoms with Crippen molar-refractivity contribution in [3.8, 4) is 5.88 Å². The third-order valence-electron chi connectivity index (χ3n) is 3.14. The van der Waals surface area contributed by atoms with Crippen molar-refractivity contribution < 1.29 is 32.9 Å². The first kappa shape index (κ1) is 15.6. The summed E-state index contributed by atoms with van der Waals surface area (Å²) in [5.41, 5.74) is 0.103. The highest BCUT2D eigenvalue weighted by molar-refractivity contribution is 5.85. The van der Waals surface area contributed by atoms with Gasteiger partial charge in [-0.15, -0.1) is 0 Å². The van der Waals surface area contributed by atoms with E-state index in [2.05, 4.69) is 4.98 Å². The molecule has 0 saturated heterocycles. The minimum Gasteiger partial charge on any atom is -0.477 e. The molecule has 1 aliphatic rings. The highest BCUT2D eigenvalue weighted by Gasteiger charge is 2.42. The number of hydrogen-bond donors (Lipinski definition) is 2. The van der Waals surface area contributed by atoms with E-state index in [1.54, 1.807) is 0 Å². The second-order valence-corrected chi connectivity index (χ2v) is 4.83. The summed E-state index contributed by atoms with van der Waals surface area (Å²) >= 11 is 0. The lowest BCUT2D eigenvalue weighted by Gasteiger charge is -2.22. The molecule has 1 aromatic heterocycles. The van der Waals surface area contributed by atoms with Gasteiger partial charge in [0.25, 0.3) is 0 Å². The smallest absolute Gasteiger partial charge is 0.425 e. The Labute approximate surface area is 118 Å². The van der Waals surface area contributed by atoms with Crippen molar-refractivity contribution in [3.05, 3.63) is 23.4 Å². The summed E-state index contributed by atoms with van der Waals surface area (Å²) in [4.78, 5) is 14.5. The molecule has 116 valence electrons. The third kappa shape index (κ3) is 3.84. The molecule has 0 aromatic carbocycles. The molecule has 0 bridgehead atoms. The zero-order chi connectivity index (χ0) is 15.6. The molecule has 1 atom stereocenters. The van der Waals surface area contributed by atoms with Crippen LogP contribution in [-0.4, -0.2) is 40.1 Å². The number of nitrogens with zero attached hydrogens (tertiary/aromatic N) is 1. The van der Waals surface area contributed by atoms with E-state index >= 15 is 0 Å². The number of aliphatic hydroxyl groups excluding tert-OH is 1. The number of carboxylic acids is 1. The Balaban J connectivity index is 2.31. The normalized spacial score (nSPS) is 16.6. The van der Waals surface area contributed by atoms with Gasteiger partial charge in [0.05, 0.1) is 0 Å². The van der Waals surface area contributed by atoms with Gasteiger partial charge in [-0.05, 0) is 24.8 Å². The van der Waals surface area contributed by atoms with Gasteiger partial charge < -0.3 is 14.9 Å². The van der Waals surface area contributed by atoms with Crippen LogP contribution in [0.1, 0.15) is 41.2 Å². The summed E-state index contributed by atoms with van der Waals surface area (Å²) in [5.74, 6) is -1.60. The molecule has 2 rings (SSSR count). The van der Waals surface area contributed by atoms with E-state index in [0.29, 0.717) is 5.56 Å². The number of carboxylic acid groups (broad SMARTS) is 1. The molecule has 8 heteroatoms. The maximum atomic E-state index is 12.8. The Hall–Kier alpha value is -1.83. The molecule has 1 unspecified atom stereocenters. The SMILES string of the molecule is O=C(O)c1ccc(C2CC2)c(OC(CCO)C(F)(F)F)n1. The molecular weight excluding hydrogens is 291 g/mol. The van der Waals surface area contributed by atoms with E-state index in [1.165, 1.54) is 12.1 Å². The first-order valence-corrected chi connectivity index (χ1v) is 6.41. The van der Waals surface area contributed by atoms with Crippen molar-refractivity contribution >= 4 is 5.97 Å². The first-order chi connectivity index (χ1) is 9.82. The Morgan fingerprint density at radius 3 is 2.57 bits per heavy atom. The summed E-state index contributed by atoms with van der Waals surface area (Å²) < 4.78 is 43.3. The summed E-state index contributed by atoms with van der Waals surface area (Å²) in [6.07, 6.45) is -5.89. The van der Waals surface area contributed by atoms with Gasteiger partial charge in [0.15, 0.2) is 11.8 Å². The third-order valence-corrected chi connectivity index (χ3v) is 3.14. The molecule has 1 heterocycles. The largest absolute Gasteiger partial charge is 0.477 e. The number of ether oxygens (including phenoxy) is 1. The quantitative estimate of drug-likeness (QED) is 0.843. The van der Waals surface area contributed by atoms with E-state index in [-0.39, 0.29) is 17.5 Å². The lowest BCUT2D eigenvalue weighted by molar-refractivity contribution is -0.199. The molecule has 5 nitrogen and oxygen atoms in total. The Morgan fingerprint density at radius 2 is 2.10 bits per heavy atom. The number of halogens is 3. The van der Waals surface area contributed by atoms with Gasteiger partial charge in [0.1, 0.15) is 0 Å². The molecule has 1 fully saturated rings. The average molecular weight is 305 g/mol. The molecule has 0 amide bonds. The number of carbonyl (C=O) groups is 1. The molecule has 0 spiro atoms. The van der Waals surface area contributed by atoms with Gasteiger partial charge in [0.2, 0.25) is 5.88 Å². The average Bonchev–Trinajstić information content (AvgIpc) is 3.21. The van der Waals surface area contributed by atoms with E-state index in [9.17, 15) is 18.0 Å². The number of hydrogen-bond acceptors (Lipinski definition) is 4. The second-order valence-electron chi connectivity index (χ2n) is 4.83. The van der Waals surface area contributed by atoms with Gasteiger partial charge in [-0.1, -0.05) is 6.07 Å². The molecule has 0 radical (unpaired) electrons. The van der Waals surface area contributed by atoms with Crippen LogP contribution in [0.4, 0.5) is 13.2 Å². The number of aliphatic hydroxyl groups is 1. The van der Waals surface area contributed by atoms with Crippen LogP contribution >= 0.6 is 0 Å². The monoisotopic (exact) mass is 305 g/mol. The molecule has 2 N–H and O–H groups in total. The van der Waals surface area contributed by atoms with Crippen LogP contribution in [0.25, 0.3) is 0 Å². The van der Waals surface area contributed by atoms with Crippen molar-refractivity contribution in [2.45, 2.75) is 37.5 Å². The zero-order valence-electron chi connectivity index (χ0n) is 10.9. The first-order valence-electron chi connectivity index (χ1n) is 6.41. The predicted octanol–water partition coefficient (Wildman–Crippen LogP) is 2.35. The van der Waals surface area contributed by atoms with E-state index < -0.39 is 31.3 Å². The summed E-state index contributed by atoms with van der Waals surface area (Å²) in [7, 11) is 0. The minimum atomic E-state index is -4.66. The Bertz CT molecular complexity index is 529. The van der Waals surface area contributed by atoms with Crippen LogP contribution in [0.3, 0.4) is 0 Å². The van der Waals surface area contributed by atoms with Crippen LogP contribution in [0.5, 0.6) is 5.88 Å². The lowest BCUT2D eigenvalue weighted by atomic mass is 10.1. The lowest BCUT2D eigenvalue weighted by Crippen LogP contribution is -2.35. The predicted molar refractivity (Wildman–Crippen MR) is 65.3 cm³/mol. The van der Waals surface area contributed by atoms with E-state index in [0.717, 1.165) is 12.8 Å². The number of alkyl halides is 3. The van der Waals surface area contributed by atoms with Gasteiger partial charge >= 0.3 is 12.1 Å². The Morgan fingerprint density at radius 1 is 1.43 bits per heavy atom. The highest BCUT2D eigenvalue weighted by atomic mass is 19.4. The van der Waals surface area contributed by atoms with Crippen molar-refractivity contribution in [1.29, 1.82) is 0 Å². The van der Waals surface area contributed by atoms with Crippen LogP contribution in [0.2, 0.25) is 0 Å². The van der Waals surface area contributed by atoms with Crippen LogP contribution in [0.15, 0.2) is 12.1 Å². The van der Waals surface area contributed by atoms with Crippen LogP contribution in [-0.2, 0) is 0 Å². The fourth-order valence-electron chi connectivity index (χ4n) is 1.91. The zero-order valence-corrected chi connectivity index (χ0v) is 10.9. The number of pyridine rings is 1. The van der Waals surface area contributed by atoms with E-state index in [4.69, 9.17) is 14.9 Å². The van der Waals surface area contributed by atoms with Crippen molar-refractivity contribution in [3.63, 3.8) is 0 Å². The summed E-state index contributed by atoms with van der Waals surface area (Å²) in [5, 5.41) is 17.6. The van der Waals surface area contributed by atoms with Crippen molar-refractivity contribution in [2.24, 2.45) is 0 Å². The minimum absolute atomic E-state index is 0.0540. The van der Waals surface area contributed by atoms with Crippen LogP contribution < -0.4 is 4.74 Å². The maximum Gasteiger partial charge on any atom is 0.425 e. The standard InChI is InChI=1S/C13H14F3NO4/c14-13(15,16)10(5-6-18)21-11-8(7-1-2-7)3-4-9(17-11)12(19)20/h3-4,7,10,18H,1-2,5-6H2,(H,19,20). The highest BCUT2D eigenvalue weighted by Crippen LogP contribution is 2.44. The van der Waals surface area contributed by atoms with E-state index in [1.807, 2.05) is 0 Å². The number of rotatable bonds is 6. The molecule has 0 aliphatic heterocycles. The second kappa shape index (κ2) is 5.88. The van der Waals surface area contributed by atoms with Gasteiger partial charge in [-0.3, -0.25) is 0 Å². The molecular formula is C13H14F3NO4. The fourth-order valence-corrected chi connectivity index (χ4v) is 1.91. The molecule has 1 aliphatic carbocycles. The maximum absolute atomic E-state index is 12.8. The Kier molecular flexibility index (Phi) is 4.36. The van der Waals surface area contributed by atoms with Gasteiger partial charge in [-0.25, -0.2) is 9.78 Å².